The Morgan fingerprint density at radius 2 is 1.91 bits per heavy atom. The number of phenolic OH excluding ortho intramolecular Hbond substituents is 1. The largest absolute Gasteiger partial charge is 0.508 e. The number of nitrogens with two attached hydrogens (primary N) is 1. The van der Waals surface area contributed by atoms with Crippen LogP contribution < -0.4 is 17.0 Å². The molecule has 1 amide bonds. The van der Waals surface area contributed by atoms with E-state index in [1.807, 2.05) is 0 Å². The van der Waals surface area contributed by atoms with Crippen LogP contribution in [0.25, 0.3) is 0 Å². The Morgan fingerprint density at radius 1 is 1.24 bits per heavy atom. The lowest BCUT2D eigenvalue weighted by atomic mass is 9.77. The summed E-state index contributed by atoms with van der Waals surface area (Å²) >= 11 is 0. The summed E-state index contributed by atoms with van der Waals surface area (Å²) in [5, 5.41) is 20.3. The Bertz CT molecular complexity index is 1110. The number of piperidine rings is 1. The molecule has 33 heavy (non-hydrogen) atoms. The van der Waals surface area contributed by atoms with Gasteiger partial charge in [0.1, 0.15) is 11.4 Å². The van der Waals surface area contributed by atoms with Gasteiger partial charge in [-0.05, 0) is 43.9 Å². The van der Waals surface area contributed by atoms with Gasteiger partial charge in [0, 0.05) is 31.8 Å². The van der Waals surface area contributed by atoms with Gasteiger partial charge in [0.15, 0.2) is 0 Å². The van der Waals surface area contributed by atoms with Crippen molar-refractivity contribution in [3.63, 3.8) is 0 Å². The van der Waals surface area contributed by atoms with Crippen LogP contribution in [-0.2, 0) is 16.0 Å². The maximum Gasteiger partial charge on any atom is 0.328 e. The zero-order chi connectivity index (χ0) is 23.8. The third-order valence-electron chi connectivity index (χ3n) is 6.84. The molecule has 2 fully saturated rings. The van der Waals surface area contributed by atoms with Gasteiger partial charge in [-0.15, -0.1) is 0 Å². The van der Waals surface area contributed by atoms with Crippen LogP contribution in [0, 0.1) is 0 Å². The molecule has 2 aliphatic rings. The number of H-pyrrole nitrogens is 1. The molecule has 1 spiro atoms. The van der Waals surface area contributed by atoms with E-state index in [0.29, 0.717) is 38.8 Å². The van der Waals surface area contributed by atoms with Crippen molar-refractivity contribution in [1.82, 2.24) is 14.5 Å². The van der Waals surface area contributed by atoms with Gasteiger partial charge in [-0.2, -0.15) is 0 Å². The molecule has 178 valence electrons. The first-order valence-corrected chi connectivity index (χ1v) is 11.1. The quantitative estimate of drug-likeness (QED) is 0.499. The molecule has 2 aromatic rings. The van der Waals surface area contributed by atoms with Gasteiger partial charge < -0.3 is 25.6 Å². The fourth-order valence-electron chi connectivity index (χ4n) is 4.79. The van der Waals surface area contributed by atoms with Gasteiger partial charge in [0.25, 0.3) is 5.56 Å². The van der Waals surface area contributed by atoms with E-state index in [4.69, 9.17) is 10.5 Å². The molecular formula is C23H30N4O6. The molecule has 0 radical (unpaired) electrons. The zero-order valence-corrected chi connectivity index (χ0v) is 18.6. The van der Waals surface area contributed by atoms with Gasteiger partial charge in [-0.3, -0.25) is 19.1 Å². The summed E-state index contributed by atoms with van der Waals surface area (Å²) in [4.78, 5) is 40.7. The Kier molecular flexibility index (Phi) is 6.17. The predicted octanol–water partition coefficient (Wildman–Crippen LogP) is -0.114. The van der Waals surface area contributed by atoms with E-state index < -0.39 is 34.5 Å². The number of carbonyl (C=O) groups is 1. The summed E-state index contributed by atoms with van der Waals surface area (Å²) in [5.74, 6) is 0.0167. The van der Waals surface area contributed by atoms with Crippen molar-refractivity contribution in [2.75, 3.05) is 19.7 Å². The van der Waals surface area contributed by atoms with E-state index in [9.17, 15) is 24.6 Å². The fraction of sp³-hybridized carbons (Fsp3) is 0.522. The highest BCUT2D eigenvalue weighted by Gasteiger charge is 2.49. The lowest BCUT2D eigenvalue weighted by Crippen LogP contribution is -2.59. The maximum absolute atomic E-state index is 12.9. The number of nitrogens with one attached hydrogen (secondary N) is 1. The highest BCUT2D eigenvalue weighted by molar-refractivity contribution is 5.82. The zero-order valence-electron chi connectivity index (χ0n) is 18.6. The number of aromatic amines is 1. The minimum atomic E-state index is -1.28. The average molecular weight is 459 g/mol. The Labute approximate surface area is 190 Å². The van der Waals surface area contributed by atoms with Gasteiger partial charge in [-0.1, -0.05) is 12.1 Å². The number of likely N-dealkylation sites (tertiary alicyclic amines) is 1. The molecule has 2 saturated heterocycles. The number of hydrogen-bond donors (Lipinski definition) is 4. The molecule has 3 atom stereocenters. The summed E-state index contributed by atoms with van der Waals surface area (Å²) in [6.45, 7) is 2.57. The lowest BCUT2D eigenvalue weighted by molar-refractivity contribution is -0.202. The Hall–Kier alpha value is -2.95. The van der Waals surface area contributed by atoms with E-state index in [-0.39, 0.29) is 18.3 Å². The first-order valence-electron chi connectivity index (χ1n) is 11.1. The first kappa shape index (κ1) is 23.2. The molecule has 5 N–H and O–H groups in total. The number of hydrogen-bond acceptors (Lipinski definition) is 7. The van der Waals surface area contributed by atoms with Crippen LogP contribution in [0.3, 0.4) is 0 Å². The van der Waals surface area contributed by atoms with E-state index in [1.54, 1.807) is 36.1 Å². The standard InChI is InChI=1S/C23H30N4O6/c1-22(32)14-33-23(13-18(22)27-9-6-19(29)25-21(27)31)7-10-26(11-8-23)20(30)17(24)12-15-2-4-16(28)5-3-15/h2-6,9,17-18,28,32H,7-8,10-14,24H2,1H3,(H,25,29,31)/t17-,18-,22-/m0/s1. The third-order valence-corrected chi connectivity index (χ3v) is 6.84. The summed E-state index contributed by atoms with van der Waals surface area (Å²) in [7, 11) is 0. The molecular weight excluding hydrogens is 428 g/mol. The van der Waals surface area contributed by atoms with Crippen molar-refractivity contribution in [3.8, 4) is 5.75 Å². The molecule has 4 rings (SSSR count). The second-order valence-corrected chi connectivity index (χ2v) is 9.37. The normalized spacial score (nSPS) is 25.7. The molecule has 2 aliphatic heterocycles. The number of phenols is 1. The van der Waals surface area contributed by atoms with Crippen LogP contribution in [0.15, 0.2) is 46.1 Å². The number of ether oxygens (including phenoxy) is 1. The number of nitrogens with zero attached hydrogens (tertiary/aromatic N) is 2. The van der Waals surface area contributed by atoms with Crippen molar-refractivity contribution in [3.05, 3.63) is 62.9 Å². The number of aromatic hydroxyl groups is 1. The van der Waals surface area contributed by atoms with Crippen molar-refractivity contribution in [2.24, 2.45) is 5.73 Å². The van der Waals surface area contributed by atoms with Gasteiger partial charge >= 0.3 is 5.69 Å². The molecule has 0 bridgehead atoms. The Morgan fingerprint density at radius 3 is 2.55 bits per heavy atom. The van der Waals surface area contributed by atoms with Crippen LogP contribution >= 0.6 is 0 Å². The smallest absolute Gasteiger partial charge is 0.328 e. The van der Waals surface area contributed by atoms with Gasteiger partial charge in [-0.25, -0.2) is 4.79 Å². The summed E-state index contributed by atoms with van der Waals surface area (Å²) in [6, 6.07) is 6.62. The second kappa shape index (κ2) is 8.77. The number of benzene rings is 1. The van der Waals surface area contributed by atoms with E-state index in [2.05, 4.69) is 4.98 Å². The molecule has 1 aromatic heterocycles. The van der Waals surface area contributed by atoms with E-state index >= 15 is 0 Å². The predicted molar refractivity (Wildman–Crippen MR) is 120 cm³/mol. The van der Waals surface area contributed by atoms with Crippen LogP contribution in [0.1, 0.15) is 37.8 Å². The molecule has 10 nitrogen and oxygen atoms in total. The highest BCUT2D eigenvalue weighted by atomic mass is 16.5. The highest BCUT2D eigenvalue weighted by Crippen LogP contribution is 2.43. The first-order chi connectivity index (χ1) is 15.6. The molecule has 3 heterocycles. The molecule has 1 aromatic carbocycles. The topological polar surface area (TPSA) is 151 Å². The molecule has 0 saturated carbocycles. The summed E-state index contributed by atoms with van der Waals surface area (Å²) < 4.78 is 7.46. The van der Waals surface area contributed by atoms with Crippen LogP contribution in [0.4, 0.5) is 0 Å². The fourth-order valence-corrected chi connectivity index (χ4v) is 4.79. The average Bonchev–Trinajstić information content (AvgIpc) is 2.78. The number of aliphatic hydroxyl groups is 1. The van der Waals surface area contributed by atoms with Crippen LogP contribution in [0.2, 0.25) is 0 Å². The number of amides is 1. The number of rotatable bonds is 4. The molecule has 0 aliphatic carbocycles. The van der Waals surface area contributed by atoms with E-state index in [0.717, 1.165) is 5.56 Å². The maximum atomic E-state index is 12.9. The van der Waals surface area contributed by atoms with Crippen LogP contribution in [0.5, 0.6) is 5.75 Å². The van der Waals surface area contributed by atoms with Crippen LogP contribution in [-0.4, -0.2) is 67.5 Å². The lowest BCUT2D eigenvalue weighted by Gasteiger charge is -2.51. The van der Waals surface area contributed by atoms with Crippen molar-refractivity contribution in [2.45, 2.75) is 55.9 Å². The van der Waals surface area contributed by atoms with E-state index in [1.165, 1.54) is 16.8 Å². The van der Waals surface area contributed by atoms with Crippen molar-refractivity contribution < 1.29 is 19.7 Å². The molecule has 0 unspecified atom stereocenters. The monoisotopic (exact) mass is 458 g/mol. The van der Waals surface area contributed by atoms with Gasteiger partial charge in [0.05, 0.1) is 24.3 Å². The molecule has 10 heteroatoms. The minimum Gasteiger partial charge on any atom is -0.508 e. The number of carbonyl (C=O) groups excluding carboxylic acids is 1. The number of aromatic nitrogens is 2. The summed E-state index contributed by atoms with van der Waals surface area (Å²) in [6.07, 6.45) is 3.26. The van der Waals surface area contributed by atoms with Gasteiger partial charge in [0.2, 0.25) is 5.91 Å². The second-order valence-electron chi connectivity index (χ2n) is 9.37. The van der Waals surface area contributed by atoms with Crippen molar-refractivity contribution >= 4 is 5.91 Å². The van der Waals surface area contributed by atoms with Crippen molar-refractivity contribution in [1.29, 1.82) is 0 Å². The summed E-state index contributed by atoms with van der Waals surface area (Å²) in [5.41, 5.74) is 4.10. The minimum absolute atomic E-state index is 0.0392. The third kappa shape index (κ3) is 4.87. The SMILES string of the molecule is C[C@]1(O)COC2(CCN(C(=O)[C@@H](N)Cc3ccc(O)cc3)CC2)C[C@@H]1n1ccc(=O)[nH]c1=O. The Balaban J connectivity index is 1.42.